The lowest BCUT2D eigenvalue weighted by atomic mass is 9.84. The molecule has 2 N–H and O–H groups in total. The number of carbonyl (C=O) groups excluding carboxylic acids is 11. The maximum atomic E-state index is 15.4. The van der Waals surface area contributed by atoms with Crippen LogP contribution >= 0.6 is 0 Å². The monoisotopic (exact) mass is 1300 g/mol. The first-order valence-corrected chi connectivity index (χ1v) is 34.4. The molecule has 0 bridgehead atoms. The van der Waals surface area contributed by atoms with Crippen LogP contribution in [0.5, 0.6) is 0 Å². The van der Waals surface area contributed by atoms with Crippen molar-refractivity contribution < 1.29 is 62.6 Å². The van der Waals surface area contributed by atoms with Crippen LogP contribution in [0.2, 0.25) is 0 Å². The van der Waals surface area contributed by atoms with Crippen molar-refractivity contribution >= 4 is 64.6 Å². The molecule has 0 aromatic carbocycles. The number of amides is 8. The number of ether oxygens (including phenoxy) is 1. The Hall–Kier alpha value is -5.35. The van der Waals surface area contributed by atoms with Crippen LogP contribution in [-0.2, 0) is 57.5 Å². The number of aliphatic hydroxyl groups excluding tert-OH is 1. The molecule has 2 heterocycles. The number of unbranched alkanes of at least 4 members (excludes halogenated alkanes) is 1. The number of rotatable bonds is 18. The first kappa shape index (κ1) is 82.7. The van der Waals surface area contributed by atoms with Gasteiger partial charge in [0.25, 0.3) is 0 Å². The molecule has 22 nitrogen and oxygen atoms in total. The third-order valence-corrected chi connectivity index (χ3v) is 19.3. The molecule has 0 unspecified atom stereocenters. The first-order chi connectivity index (χ1) is 42.7. The Kier molecular flexibility index (Phi) is 34.4. The van der Waals surface area contributed by atoms with Gasteiger partial charge in [-0.2, -0.15) is 0 Å². The quantitative estimate of drug-likeness (QED) is 0.140. The molecule has 528 valence electrons. The molecule has 8 amide bonds. The Balaban J connectivity index is 2.98. The standard InChI is InChI=1S/C70H125N9O13/c1-25-51-39-59(82)61(62(83)47(14)28-26-27-29-79-30-32-92-33-31-79)78(24)70(91)60(46(12)13)77(23)69(90)56(37-44(8)9)76(22)68(89)55(36-43(6)7)75(21)64(85)49(16)71-63(84)48(15)38-57(80)53(34-41(2)3)74(20)67(88)52(45(10)11)40-58(81)54(35-42(4)5)73(19)65(86)50(17)72(18)66(51)87/h41-56,60-62,83H,25-40H2,1-24H3,(H,71,84)/t47-,48+,49+,50-,51+,52-,53-,54+,55-,56-,60-,61+,62-/m1/s1. The fourth-order valence-electron chi connectivity index (χ4n) is 13.0. The van der Waals surface area contributed by atoms with Gasteiger partial charge in [0.15, 0.2) is 17.3 Å². The molecule has 13 atom stereocenters. The van der Waals surface area contributed by atoms with Gasteiger partial charge >= 0.3 is 0 Å². The van der Waals surface area contributed by atoms with Crippen molar-refractivity contribution in [3.8, 4) is 0 Å². The largest absolute Gasteiger partial charge is 0.390 e. The van der Waals surface area contributed by atoms with Crippen molar-refractivity contribution in [3.05, 3.63) is 0 Å². The zero-order valence-electron chi connectivity index (χ0n) is 61.2. The molecule has 0 aromatic heterocycles. The molecule has 0 saturated carbocycles. The van der Waals surface area contributed by atoms with Gasteiger partial charge in [0.1, 0.15) is 36.3 Å². The van der Waals surface area contributed by atoms with E-state index in [-0.39, 0.29) is 86.1 Å². The van der Waals surface area contributed by atoms with Gasteiger partial charge in [0.2, 0.25) is 47.3 Å². The predicted octanol–water partition coefficient (Wildman–Crippen LogP) is 6.47. The third kappa shape index (κ3) is 23.2. The molecule has 0 aromatic rings. The number of hydrogen-bond acceptors (Lipinski definition) is 14. The van der Waals surface area contributed by atoms with Crippen LogP contribution < -0.4 is 5.32 Å². The van der Waals surface area contributed by atoms with Crippen LogP contribution in [0.15, 0.2) is 0 Å². The summed E-state index contributed by atoms with van der Waals surface area (Å²) < 4.78 is 5.53. The lowest BCUT2D eigenvalue weighted by Gasteiger charge is -2.41. The smallest absolute Gasteiger partial charge is 0.246 e. The highest BCUT2D eigenvalue weighted by Crippen LogP contribution is 2.30. The second kappa shape index (κ2) is 38.3. The zero-order chi connectivity index (χ0) is 70.7. The summed E-state index contributed by atoms with van der Waals surface area (Å²) in [5.74, 6) is -10.7. The summed E-state index contributed by atoms with van der Waals surface area (Å²) in [6, 6.07) is -9.27. The minimum absolute atomic E-state index is 0.0695. The van der Waals surface area contributed by atoms with Crippen LogP contribution in [0.4, 0.5) is 0 Å². The summed E-state index contributed by atoms with van der Waals surface area (Å²) in [6.07, 6.45) is 0.623. The van der Waals surface area contributed by atoms with E-state index in [0.717, 1.165) is 26.1 Å². The first-order valence-electron chi connectivity index (χ1n) is 34.4. The van der Waals surface area contributed by atoms with Crippen molar-refractivity contribution in [2.24, 2.45) is 59.2 Å². The number of carbonyl (C=O) groups is 11. The fraction of sp³-hybridized carbons (Fsp3) is 0.843. The summed E-state index contributed by atoms with van der Waals surface area (Å²) in [5, 5.41) is 15.3. The highest BCUT2D eigenvalue weighted by atomic mass is 16.5. The van der Waals surface area contributed by atoms with E-state index in [1.807, 2.05) is 76.2 Å². The molecular formula is C70H125N9O13. The number of hydrogen-bond donors (Lipinski definition) is 2. The lowest BCUT2D eigenvalue weighted by molar-refractivity contribution is -0.157. The highest BCUT2D eigenvalue weighted by Gasteiger charge is 2.46. The van der Waals surface area contributed by atoms with Gasteiger partial charge in [-0.05, 0) is 107 Å². The van der Waals surface area contributed by atoms with Gasteiger partial charge < -0.3 is 49.5 Å². The van der Waals surface area contributed by atoms with E-state index in [2.05, 4.69) is 10.2 Å². The molecule has 2 rings (SSSR count). The van der Waals surface area contributed by atoms with Gasteiger partial charge in [0, 0.05) is 99.4 Å². The maximum absolute atomic E-state index is 15.4. The summed E-state index contributed by atoms with van der Waals surface area (Å²) in [6.45, 7) is 34.3. The van der Waals surface area contributed by atoms with Crippen molar-refractivity contribution in [1.82, 2.24) is 44.5 Å². The molecule has 2 aliphatic heterocycles. The van der Waals surface area contributed by atoms with Crippen LogP contribution in [-0.4, -0.2) is 246 Å². The summed E-state index contributed by atoms with van der Waals surface area (Å²) in [7, 11) is 10.4. The van der Waals surface area contributed by atoms with Crippen LogP contribution in [0.1, 0.15) is 188 Å². The van der Waals surface area contributed by atoms with E-state index < -0.39 is 143 Å². The Morgan fingerprint density at radius 1 is 0.467 bits per heavy atom. The second-order valence-electron chi connectivity index (χ2n) is 29.6. The van der Waals surface area contributed by atoms with E-state index in [1.165, 1.54) is 90.6 Å². The van der Waals surface area contributed by atoms with E-state index in [1.54, 1.807) is 34.6 Å². The van der Waals surface area contributed by atoms with Gasteiger partial charge in [-0.1, -0.05) is 110 Å². The number of aliphatic hydroxyl groups is 1. The van der Waals surface area contributed by atoms with Crippen molar-refractivity contribution in [1.29, 1.82) is 0 Å². The summed E-state index contributed by atoms with van der Waals surface area (Å²) >= 11 is 0. The summed E-state index contributed by atoms with van der Waals surface area (Å²) in [4.78, 5) is 175. The van der Waals surface area contributed by atoms with Crippen molar-refractivity contribution in [2.75, 3.05) is 82.2 Å². The Morgan fingerprint density at radius 3 is 1.37 bits per heavy atom. The van der Waals surface area contributed by atoms with E-state index in [9.17, 15) is 38.7 Å². The number of ketones is 3. The minimum atomic E-state index is -1.49. The van der Waals surface area contributed by atoms with Crippen LogP contribution in [0.3, 0.4) is 0 Å². The number of Topliss-reactive ketones (excluding diaryl/α,β-unsaturated/α-hetero) is 3. The summed E-state index contributed by atoms with van der Waals surface area (Å²) in [5.41, 5.74) is 0. The maximum Gasteiger partial charge on any atom is 0.246 e. The van der Waals surface area contributed by atoms with E-state index in [0.29, 0.717) is 26.1 Å². The van der Waals surface area contributed by atoms with E-state index in [4.69, 9.17) is 4.74 Å². The molecular weight excluding hydrogens is 1170 g/mol. The highest BCUT2D eigenvalue weighted by molar-refractivity contribution is 6.00. The Labute approximate surface area is 553 Å². The molecule has 0 radical (unpaired) electrons. The van der Waals surface area contributed by atoms with E-state index >= 15 is 19.2 Å². The molecule has 2 aliphatic rings. The average Bonchev–Trinajstić information content (AvgIpc) is 0.824. The molecule has 0 aliphatic carbocycles. The average molecular weight is 1300 g/mol. The van der Waals surface area contributed by atoms with Gasteiger partial charge in [-0.25, -0.2) is 0 Å². The zero-order valence-corrected chi connectivity index (χ0v) is 61.2. The van der Waals surface area contributed by atoms with Crippen LogP contribution in [0.25, 0.3) is 0 Å². The van der Waals surface area contributed by atoms with Gasteiger partial charge in [0.05, 0.1) is 31.4 Å². The minimum Gasteiger partial charge on any atom is -0.390 e. The lowest BCUT2D eigenvalue weighted by Crippen LogP contribution is -2.61. The molecule has 2 fully saturated rings. The molecule has 22 heteroatoms. The third-order valence-electron chi connectivity index (χ3n) is 19.3. The number of nitrogens with zero attached hydrogens (tertiary/aromatic N) is 8. The second-order valence-corrected chi connectivity index (χ2v) is 29.6. The Morgan fingerprint density at radius 2 is 0.902 bits per heavy atom. The number of nitrogens with one attached hydrogen (secondary N) is 1. The normalized spacial score (nSPS) is 28.0. The fourth-order valence-corrected chi connectivity index (χ4v) is 13.0. The van der Waals surface area contributed by atoms with Gasteiger partial charge in [-0.15, -0.1) is 0 Å². The van der Waals surface area contributed by atoms with Gasteiger partial charge in [-0.3, -0.25) is 57.6 Å². The molecule has 0 spiro atoms. The predicted molar refractivity (Wildman–Crippen MR) is 358 cm³/mol. The number of likely N-dealkylation sites (N-methyl/N-ethyl adjacent to an activating group) is 7. The topological polar surface area (TPSA) is 255 Å². The molecule has 2 saturated heterocycles. The number of morpholine rings is 1. The van der Waals surface area contributed by atoms with Crippen LogP contribution in [0, 0.1) is 59.2 Å². The van der Waals surface area contributed by atoms with Crippen molar-refractivity contribution in [2.45, 2.75) is 243 Å². The molecule has 92 heavy (non-hydrogen) atoms. The SMILES string of the molecule is CC[C@H]1CC(=O)[C@@H]([C@H](O)[C@H](C)CCCCN2CCOCC2)N(C)C(=O)[C@@H](C(C)C)N(C)C(=O)[C@@H](CC(C)C)N(C)C(=O)[C@@H](CC(C)C)N(C)C(=O)[C@H](C)NC(=O)[C@@H](C)CC(=O)[C@@H](CC(C)C)N(C)C(=O)[C@@H](C(C)C)CC(=O)[C@H](CC(C)C)N(C)C(=O)[C@@H](C)N(C)C1=O. The Bertz CT molecular complexity index is 2460. The van der Waals surface area contributed by atoms with Crippen molar-refractivity contribution in [3.63, 3.8) is 0 Å².